The predicted molar refractivity (Wildman–Crippen MR) is 67.4 cm³/mol. The molecule has 0 saturated heterocycles. The third-order valence-corrected chi connectivity index (χ3v) is 3.90. The summed E-state index contributed by atoms with van der Waals surface area (Å²) in [7, 11) is 2.78. The minimum absolute atomic E-state index is 0.0231. The molecule has 19 heavy (non-hydrogen) atoms. The lowest BCUT2D eigenvalue weighted by atomic mass is 9.64. The lowest BCUT2D eigenvalue weighted by Crippen LogP contribution is -2.43. The van der Waals surface area contributed by atoms with Crippen LogP contribution in [0, 0.1) is 12.7 Å². The number of rotatable bonds is 4. The molecule has 0 aromatic heterocycles. The summed E-state index contributed by atoms with van der Waals surface area (Å²) in [4.78, 5) is 11.5. The number of aliphatic carboxylic acids is 1. The predicted octanol–water partition coefficient (Wildman–Crippen LogP) is 2.66. The Balaban J connectivity index is 2.65. The van der Waals surface area contributed by atoms with E-state index < -0.39 is 17.2 Å². The molecule has 0 spiro atoms. The van der Waals surface area contributed by atoms with E-state index in [2.05, 4.69) is 0 Å². The van der Waals surface area contributed by atoms with Gasteiger partial charge in [-0.15, -0.1) is 0 Å². The molecule has 1 fully saturated rings. The number of carbonyl (C=O) groups is 1. The van der Waals surface area contributed by atoms with Crippen molar-refractivity contribution in [3.8, 4) is 11.5 Å². The van der Waals surface area contributed by atoms with Crippen molar-refractivity contribution in [1.82, 2.24) is 0 Å². The molecule has 1 aliphatic carbocycles. The smallest absolute Gasteiger partial charge is 0.314 e. The van der Waals surface area contributed by atoms with Gasteiger partial charge < -0.3 is 14.6 Å². The van der Waals surface area contributed by atoms with Gasteiger partial charge in [-0.2, -0.15) is 0 Å². The molecule has 5 heteroatoms. The Morgan fingerprint density at radius 2 is 1.89 bits per heavy atom. The Kier molecular flexibility index (Phi) is 3.39. The van der Waals surface area contributed by atoms with E-state index in [0.29, 0.717) is 24.2 Å². The SMILES string of the molecule is COc1c(C)cc(C2(C(=O)O)CCC2)c(F)c1OC. The van der Waals surface area contributed by atoms with Crippen LogP contribution in [0.25, 0.3) is 0 Å². The second-order valence-electron chi connectivity index (χ2n) is 4.86. The van der Waals surface area contributed by atoms with Crippen LogP contribution in [0.2, 0.25) is 0 Å². The number of methoxy groups -OCH3 is 2. The molecule has 0 atom stereocenters. The summed E-state index contributed by atoms with van der Waals surface area (Å²) in [6, 6.07) is 1.56. The Labute approximate surface area is 111 Å². The Morgan fingerprint density at radius 3 is 2.26 bits per heavy atom. The van der Waals surface area contributed by atoms with Gasteiger partial charge in [0.25, 0.3) is 0 Å². The standard InChI is InChI=1S/C14H17FO4/c1-8-7-9(14(13(16)17)5-4-6-14)10(15)12(19-3)11(8)18-2/h7H,4-6H2,1-3H3,(H,16,17). The van der Waals surface area contributed by atoms with Crippen LogP contribution in [0.15, 0.2) is 6.07 Å². The van der Waals surface area contributed by atoms with Crippen LogP contribution in [0.3, 0.4) is 0 Å². The highest BCUT2D eigenvalue weighted by atomic mass is 19.1. The maximum atomic E-state index is 14.5. The largest absolute Gasteiger partial charge is 0.492 e. The van der Waals surface area contributed by atoms with Crippen LogP contribution >= 0.6 is 0 Å². The van der Waals surface area contributed by atoms with Crippen molar-refractivity contribution in [1.29, 1.82) is 0 Å². The summed E-state index contributed by atoms with van der Waals surface area (Å²) in [5.74, 6) is -1.33. The minimum atomic E-state index is -1.12. The molecule has 0 unspecified atom stereocenters. The average Bonchev–Trinajstić information content (AvgIpc) is 2.30. The van der Waals surface area contributed by atoms with Crippen molar-refractivity contribution in [2.45, 2.75) is 31.6 Å². The normalized spacial score (nSPS) is 16.6. The summed E-state index contributed by atoms with van der Waals surface area (Å²) >= 11 is 0. The molecule has 0 heterocycles. The molecular formula is C14H17FO4. The van der Waals surface area contributed by atoms with Gasteiger partial charge in [0.05, 0.1) is 19.6 Å². The van der Waals surface area contributed by atoms with Crippen molar-refractivity contribution >= 4 is 5.97 Å². The van der Waals surface area contributed by atoms with Gasteiger partial charge in [-0.25, -0.2) is 4.39 Å². The second kappa shape index (κ2) is 4.72. The zero-order valence-corrected chi connectivity index (χ0v) is 11.2. The van der Waals surface area contributed by atoms with Gasteiger partial charge in [-0.3, -0.25) is 4.79 Å². The Bertz CT molecular complexity index is 521. The van der Waals surface area contributed by atoms with Crippen molar-refractivity contribution in [3.05, 3.63) is 23.0 Å². The number of carboxylic acids is 1. The van der Waals surface area contributed by atoms with Crippen LogP contribution < -0.4 is 9.47 Å². The lowest BCUT2D eigenvalue weighted by molar-refractivity contribution is -0.147. The van der Waals surface area contributed by atoms with Gasteiger partial charge in [0, 0.05) is 5.56 Å². The van der Waals surface area contributed by atoms with Crippen molar-refractivity contribution in [3.63, 3.8) is 0 Å². The molecule has 104 valence electrons. The average molecular weight is 268 g/mol. The van der Waals surface area contributed by atoms with E-state index >= 15 is 0 Å². The molecule has 0 radical (unpaired) electrons. The molecule has 1 aromatic carbocycles. The van der Waals surface area contributed by atoms with Crippen molar-refractivity contribution in [2.75, 3.05) is 14.2 Å². The van der Waals surface area contributed by atoms with Crippen LogP contribution in [0.4, 0.5) is 4.39 Å². The summed E-state index contributed by atoms with van der Waals surface area (Å²) in [6.07, 6.45) is 1.70. The fourth-order valence-corrected chi connectivity index (χ4v) is 2.66. The molecule has 0 aliphatic heterocycles. The van der Waals surface area contributed by atoms with Gasteiger partial charge in [0.2, 0.25) is 0 Å². The first-order valence-corrected chi connectivity index (χ1v) is 6.13. The maximum Gasteiger partial charge on any atom is 0.314 e. The van der Waals surface area contributed by atoms with Gasteiger partial charge in [-0.05, 0) is 31.4 Å². The van der Waals surface area contributed by atoms with Gasteiger partial charge in [0.1, 0.15) is 0 Å². The topological polar surface area (TPSA) is 55.8 Å². The van der Waals surface area contributed by atoms with E-state index in [1.807, 2.05) is 0 Å². The fraction of sp³-hybridized carbons (Fsp3) is 0.500. The fourth-order valence-electron chi connectivity index (χ4n) is 2.66. The van der Waals surface area contributed by atoms with Crippen LogP contribution in [0.1, 0.15) is 30.4 Å². The first-order chi connectivity index (χ1) is 8.97. The van der Waals surface area contributed by atoms with E-state index in [4.69, 9.17) is 9.47 Å². The number of hydrogen-bond donors (Lipinski definition) is 1. The second-order valence-corrected chi connectivity index (χ2v) is 4.86. The monoisotopic (exact) mass is 268 g/mol. The number of carboxylic acid groups (broad SMARTS) is 1. The number of ether oxygens (including phenoxy) is 2. The highest BCUT2D eigenvalue weighted by Gasteiger charge is 2.48. The summed E-state index contributed by atoms with van der Waals surface area (Å²) < 4.78 is 24.7. The molecule has 1 saturated carbocycles. The zero-order chi connectivity index (χ0) is 14.2. The molecule has 0 bridgehead atoms. The van der Waals surface area contributed by atoms with Crippen molar-refractivity contribution < 1.29 is 23.8 Å². The number of hydrogen-bond acceptors (Lipinski definition) is 3. The number of halogens is 1. The maximum absolute atomic E-state index is 14.5. The lowest BCUT2D eigenvalue weighted by Gasteiger charge is -2.38. The molecule has 4 nitrogen and oxygen atoms in total. The molecule has 1 aliphatic rings. The van der Waals surface area contributed by atoms with Crippen LogP contribution in [-0.2, 0) is 10.2 Å². The summed E-state index contributed by atoms with van der Waals surface area (Å²) in [5.41, 5.74) is -0.251. The highest BCUT2D eigenvalue weighted by molar-refractivity contribution is 5.83. The number of aryl methyl sites for hydroxylation is 1. The third-order valence-electron chi connectivity index (χ3n) is 3.90. The van der Waals surface area contributed by atoms with Gasteiger partial charge in [-0.1, -0.05) is 6.42 Å². The van der Waals surface area contributed by atoms with E-state index in [-0.39, 0.29) is 11.3 Å². The summed E-state index contributed by atoms with van der Waals surface area (Å²) in [6.45, 7) is 1.75. The van der Waals surface area contributed by atoms with E-state index in [0.717, 1.165) is 6.42 Å². The number of benzene rings is 1. The molecule has 0 amide bonds. The Hall–Kier alpha value is -1.78. The van der Waals surface area contributed by atoms with Gasteiger partial charge >= 0.3 is 5.97 Å². The van der Waals surface area contributed by atoms with Crippen molar-refractivity contribution in [2.24, 2.45) is 0 Å². The Morgan fingerprint density at radius 1 is 1.32 bits per heavy atom. The first-order valence-electron chi connectivity index (χ1n) is 6.13. The summed E-state index contributed by atoms with van der Waals surface area (Å²) in [5, 5.41) is 9.40. The molecule has 2 rings (SSSR count). The van der Waals surface area contributed by atoms with E-state index in [9.17, 15) is 14.3 Å². The first kappa shape index (κ1) is 13.6. The minimum Gasteiger partial charge on any atom is -0.492 e. The van der Waals surface area contributed by atoms with Gasteiger partial charge in [0.15, 0.2) is 17.3 Å². The van der Waals surface area contributed by atoms with Crippen LogP contribution in [-0.4, -0.2) is 25.3 Å². The highest BCUT2D eigenvalue weighted by Crippen LogP contribution is 2.48. The molecule has 1 aromatic rings. The van der Waals surface area contributed by atoms with E-state index in [1.165, 1.54) is 14.2 Å². The quantitative estimate of drug-likeness (QED) is 0.912. The third kappa shape index (κ3) is 1.84. The molecular weight excluding hydrogens is 251 g/mol. The van der Waals surface area contributed by atoms with E-state index in [1.54, 1.807) is 13.0 Å². The van der Waals surface area contributed by atoms with Crippen LogP contribution in [0.5, 0.6) is 11.5 Å². The zero-order valence-electron chi connectivity index (χ0n) is 11.2. The molecule has 1 N–H and O–H groups in total.